The first-order chi connectivity index (χ1) is 23.5. The lowest BCUT2D eigenvalue weighted by atomic mass is 10.1. The van der Waals surface area contributed by atoms with Crippen molar-refractivity contribution in [2.24, 2.45) is 21.9 Å². The van der Waals surface area contributed by atoms with Crippen molar-refractivity contribution in [1.82, 2.24) is 19.8 Å². The largest absolute Gasteiger partial charge is 0.493 e. The average Bonchev–Trinajstić information content (AvgIpc) is 3.09. The summed E-state index contributed by atoms with van der Waals surface area (Å²) in [5.74, 6) is 20.8. The van der Waals surface area contributed by atoms with Crippen molar-refractivity contribution in [2.75, 3.05) is 42.6 Å². The smallest absolute Gasteiger partial charge is 0.337 e. The molecule has 0 aliphatic heterocycles. The molecular formula is C29H36N12O8. The summed E-state index contributed by atoms with van der Waals surface area (Å²) in [7, 11) is 1.65. The number of rotatable bonds is 11. The van der Waals surface area contributed by atoms with Crippen LogP contribution in [-0.2, 0) is 4.79 Å². The molecule has 12 N–H and O–H groups in total. The maximum Gasteiger partial charge on any atom is 0.337 e. The Morgan fingerprint density at radius 3 is 1.96 bits per heavy atom. The number of amides is 1. The van der Waals surface area contributed by atoms with Gasteiger partial charge in [-0.2, -0.15) is 19.8 Å². The third-order valence-electron chi connectivity index (χ3n) is 6.08. The molecule has 0 aliphatic carbocycles. The summed E-state index contributed by atoms with van der Waals surface area (Å²) in [6.07, 6.45) is 1.20. The fraction of sp³-hybridized carbons (Fsp3) is 0.172. The third kappa shape index (κ3) is 11.6. The maximum absolute atomic E-state index is 12.5. The van der Waals surface area contributed by atoms with Crippen LogP contribution in [0.4, 0.5) is 11.4 Å². The Kier molecular flexibility index (Phi) is 15.1. The number of hydrogen-bond acceptors (Lipinski definition) is 15. The lowest BCUT2D eigenvalue weighted by Gasteiger charge is -2.12. The van der Waals surface area contributed by atoms with Crippen molar-refractivity contribution in [3.63, 3.8) is 0 Å². The highest BCUT2D eigenvalue weighted by Gasteiger charge is 2.12. The summed E-state index contributed by atoms with van der Waals surface area (Å²) in [5, 5.41) is 36.0. The first-order valence-electron chi connectivity index (χ1n) is 14.0. The molecule has 2 heterocycles. The predicted molar refractivity (Wildman–Crippen MR) is 176 cm³/mol. The van der Waals surface area contributed by atoms with Crippen molar-refractivity contribution < 1.29 is 38.9 Å². The molecule has 2 aromatic heterocycles. The van der Waals surface area contributed by atoms with Gasteiger partial charge in [0.15, 0.2) is 23.0 Å². The van der Waals surface area contributed by atoms with Crippen LogP contribution in [0.15, 0.2) is 70.9 Å². The van der Waals surface area contributed by atoms with Crippen molar-refractivity contribution in [1.29, 1.82) is 0 Å². The molecule has 4 rings (SSSR count). The molecule has 0 spiro atoms. The molecular weight excluding hydrogens is 644 g/mol. The SMILES string of the molecule is CNc1cc(OCCCOc2ccc(NC(=O)c3cc/c(=N/N)n(N)n3)c(C)c2)ccc1C(=O)O.N/N=c1/ccc(C=O)nn1N.O=CO. The van der Waals surface area contributed by atoms with Crippen molar-refractivity contribution >= 4 is 36.0 Å². The van der Waals surface area contributed by atoms with Gasteiger partial charge in [-0.1, -0.05) is 0 Å². The number of aromatic nitrogens is 4. The monoisotopic (exact) mass is 680 g/mol. The molecule has 2 aromatic carbocycles. The number of nitrogens with one attached hydrogen (secondary N) is 2. The molecule has 0 fully saturated rings. The molecule has 4 aromatic rings. The first kappa shape index (κ1) is 38.1. The number of hydrogen-bond donors (Lipinski definition) is 8. The van der Waals surface area contributed by atoms with Crippen LogP contribution >= 0.6 is 0 Å². The van der Waals surface area contributed by atoms with Gasteiger partial charge >= 0.3 is 5.97 Å². The number of nitrogens with zero attached hydrogens (tertiary/aromatic N) is 6. The van der Waals surface area contributed by atoms with E-state index in [4.69, 9.17) is 47.9 Å². The minimum absolute atomic E-state index is 0.110. The lowest BCUT2D eigenvalue weighted by molar-refractivity contribution is -0.122. The van der Waals surface area contributed by atoms with E-state index in [1.165, 1.54) is 30.3 Å². The zero-order valence-electron chi connectivity index (χ0n) is 26.4. The van der Waals surface area contributed by atoms with Gasteiger partial charge in [-0.25, -0.2) is 4.79 Å². The summed E-state index contributed by atoms with van der Waals surface area (Å²) >= 11 is 0. The Hall–Kier alpha value is -7.12. The van der Waals surface area contributed by atoms with Crippen LogP contribution in [0.2, 0.25) is 0 Å². The minimum Gasteiger partial charge on any atom is -0.493 e. The van der Waals surface area contributed by atoms with E-state index < -0.39 is 11.9 Å². The van der Waals surface area contributed by atoms with E-state index in [9.17, 15) is 14.4 Å². The third-order valence-corrected chi connectivity index (χ3v) is 6.08. The quantitative estimate of drug-likeness (QED) is 0.0424. The fourth-order valence-corrected chi connectivity index (χ4v) is 3.76. The highest BCUT2D eigenvalue weighted by atomic mass is 16.5. The number of aryl methyl sites for hydroxylation is 1. The zero-order valence-corrected chi connectivity index (χ0v) is 26.4. The molecule has 0 unspecified atom stereocenters. The number of benzene rings is 2. The number of carboxylic acid groups (broad SMARTS) is 2. The van der Waals surface area contributed by atoms with Crippen molar-refractivity contribution in [2.45, 2.75) is 13.3 Å². The molecule has 0 atom stereocenters. The molecule has 0 saturated carbocycles. The van der Waals surface area contributed by atoms with Gasteiger partial charge in [0.2, 0.25) is 0 Å². The highest BCUT2D eigenvalue weighted by Crippen LogP contribution is 2.24. The molecule has 0 radical (unpaired) electrons. The summed E-state index contributed by atoms with van der Waals surface area (Å²) < 4.78 is 11.5. The van der Waals surface area contributed by atoms with Crippen LogP contribution in [0.5, 0.6) is 11.5 Å². The highest BCUT2D eigenvalue weighted by molar-refractivity contribution is 6.03. The van der Waals surface area contributed by atoms with Gasteiger partial charge in [0.1, 0.15) is 17.2 Å². The van der Waals surface area contributed by atoms with E-state index in [0.29, 0.717) is 54.3 Å². The Labute approximate surface area is 278 Å². The second-order valence-corrected chi connectivity index (χ2v) is 9.31. The molecule has 20 heteroatoms. The van der Waals surface area contributed by atoms with E-state index in [-0.39, 0.29) is 28.9 Å². The first-order valence-corrected chi connectivity index (χ1v) is 14.0. The Morgan fingerprint density at radius 1 is 0.878 bits per heavy atom. The van der Waals surface area contributed by atoms with Gasteiger partial charge in [-0.05, 0) is 67.1 Å². The topological polar surface area (TPSA) is 316 Å². The molecule has 0 aliphatic rings. The summed E-state index contributed by atoms with van der Waals surface area (Å²) in [4.78, 5) is 44.0. The van der Waals surface area contributed by atoms with Gasteiger partial charge in [-0.15, -0.1) is 10.2 Å². The molecule has 49 heavy (non-hydrogen) atoms. The van der Waals surface area contributed by atoms with Crippen LogP contribution < -0.4 is 54.5 Å². The van der Waals surface area contributed by atoms with Gasteiger partial charge in [0, 0.05) is 25.2 Å². The Morgan fingerprint density at radius 2 is 1.45 bits per heavy atom. The summed E-state index contributed by atoms with van der Waals surface area (Å²) in [5.41, 5.74) is 2.94. The summed E-state index contributed by atoms with van der Waals surface area (Å²) in [6.45, 7) is 2.40. The molecule has 260 valence electrons. The lowest BCUT2D eigenvalue weighted by Crippen LogP contribution is -2.33. The van der Waals surface area contributed by atoms with E-state index in [1.807, 2.05) is 13.0 Å². The second kappa shape index (κ2) is 19.4. The number of nitrogen functional groups attached to an aromatic ring is 2. The van der Waals surface area contributed by atoms with Crippen molar-refractivity contribution in [3.05, 3.63) is 94.2 Å². The van der Waals surface area contributed by atoms with E-state index in [1.54, 1.807) is 31.3 Å². The number of anilines is 2. The number of aromatic carboxylic acids is 1. The summed E-state index contributed by atoms with van der Waals surface area (Å²) in [6, 6.07) is 16.0. The zero-order chi connectivity index (χ0) is 36.3. The van der Waals surface area contributed by atoms with Crippen LogP contribution in [0, 0.1) is 6.92 Å². The molecule has 1 amide bonds. The minimum atomic E-state index is -1.01. The number of carbonyl (C=O) groups is 4. The second-order valence-electron chi connectivity index (χ2n) is 9.31. The number of carbonyl (C=O) groups excluding carboxylic acids is 2. The Bertz CT molecular complexity index is 1890. The van der Waals surface area contributed by atoms with E-state index in [0.717, 1.165) is 15.1 Å². The van der Waals surface area contributed by atoms with Crippen molar-refractivity contribution in [3.8, 4) is 11.5 Å². The number of nitrogens with two attached hydrogens (primary N) is 4. The average molecular weight is 681 g/mol. The van der Waals surface area contributed by atoms with E-state index in [2.05, 4.69) is 31.0 Å². The molecule has 0 bridgehead atoms. The van der Waals surface area contributed by atoms with Crippen LogP contribution in [0.25, 0.3) is 0 Å². The maximum atomic E-state index is 12.5. The van der Waals surface area contributed by atoms with Gasteiger partial charge in [0.05, 0.1) is 24.5 Å². The molecule has 20 nitrogen and oxygen atoms in total. The Balaban J connectivity index is 0.000000496. The normalized spacial score (nSPS) is 10.7. The molecule has 0 saturated heterocycles. The van der Waals surface area contributed by atoms with E-state index >= 15 is 0 Å². The number of ether oxygens (including phenoxy) is 2. The van der Waals surface area contributed by atoms with Crippen LogP contribution in [-0.4, -0.2) is 74.9 Å². The van der Waals surface area contributed by atoms with Gasteiger partial charge < -0.3 is 53.7 Å². The number of carboxylic acids is 1. The predicted octanol–water partition coefficient (Wildman–Crippen LogP) is -0.596. The van der Waals surface area contributed by atoms with Crippen LogP contribution in [0.3, 0.4) is 0 Å². The van der Waals surface area contributed by atoms with Crippen LogP contribution in [0.1, 0.15) is 43.3 Å². The number of aldehydes is 1. The van der Waals surface area contributed by atoms with Gasteiger partial charge in [-0.3, -0.25) is 14.4 Å². The fourth-order valence-electron chi connectivity index (χ4n) is 3.76. The van der Waals surface area contributed by atoms with Gasteiger partial charge in [0.25, 0.3) is 12.4 Å². The standard InChI is InChI=1S/C23H27N7O5.C5H7N5O.CH2O2/c1-14-12-15(5-7-18(14)27-22(31)19-8-9-21(28-24)30(25)29-19)34-10-3-11-35-16-4-6-17(23(32)33)20(13-16)26-2;6-8-5-2-1-4(3-11)9-10(5)7;2-1-3/h4-9,12-13,26H,3,10-11,24-25H2,1-2H3,(H,27,31)(H,32,33);1-3H,6-7H2;1H,(H,2,3)/b28-21-;8-5-;.